The van der Waals surface area contributed by atoms with Crippen LogP contribution in [0, 0.1) is 0 Å². The summed E-state index contributed by atoms with van der Waals surface area (Å²) in [7, 11) is 3.06. The number of methoxy groups -OCH3 is 2. The van der Waals surface area contributed by atoms with Crippen LogP contribution in [0.5, 0.6) is 17.2 Å². The average molecular weight is 522 g/mol. The average Bonchev–Trinajstić information content (AvgIpc) is 3.29. The third kappa shape index (κ3) is 3.96. The van der Waals surface area contributed by atoms with Gasteiger partial charge < -0.3 is 19.5 Å². The Labute approximate surface area is 224 Å². The number of amides is 1. The summed E-state index contributed by atoms with van der Waals surface area (Å²) in [6.45, 7) is 4.10. The molecule has 3 aromatic carbocycles. The molecule has 39 heavy (non-hydrogen) atoms. The number of carbonyl (C=O) groups excluding carboxylic acids is 1. The van der Waals surface area contributed by atoms with Crippen LogP contribution in [0.2, 0.25) is 0 Å². The van der Waals surface area contributed by atoms with Crippen molar-refractivity contribution >= 4 is 49.7 Å². The van der Waals surface area contributed by atoms with E-state index in [-0.39, 0.29) is 18.1 Å². The van der Waals surface area contributed by atoms with Gasteiger partial charge in [0.1, 0.15) is 5.75 Å². The molecule has 0 saturated heterocycles. The fraction of sp³-hybridized carbons (Fsp3) is 0.194. The minimum atomic E-state index is -0.258. The zero-order valence-corrected chi connectivity index (χ0v) is 22.1. The highest BCUT2D eigenvalue weighted by atomic mass is 16.5. The van der Waals surface area contributed by atoms with Gasteiger partial charge in [-0.2, -0.15) is 0 Å². The van der Waals surface area contributed by atoms with E-state index < -0.39 is 0 Å². The summed E-state index contributed by atoms with van der Waals surface area (Å²) >= 11 is 0. The van der Waals surface area contributed by atoms with Crippen molar-refractivity contribution in [2.24, 2.45) is 0 Å². The largest absolute Gasteiger partial charge is 0.493 e. The first-order valence-corrected chi connectivity index (χ1v) is 12.7. The van der Waals surface area contributed by atoms with Gasteiger partial charge in [0.25, 0.3) is 11.5 Å². The molecule has 0 aliphatic heterocycles. The standard InChI is InChI=1S/C31H27N3O5/c1-17(2)18-5-7-19(8-6-18)33-26(35)16-39-20-9-11-24-23(15-20)21-13-14-32-28-22-10-12-25(37-3)30(38-4)27(22)31(36)34(24)29(21)28/h5-15,17H,16H2,1-4H3,(H,33,35). The molecule has 0 saturated carbocycles. The van der Waals surface area contributed by atoms with E-state index >= 15 is 0 Å². The maximum Gasteiger partial charge on any atom is 0.267 e. The Morgan fingerprint density at radius 3 is 2.46 bits per heavy atom. The van der Waals surface area contributed by atoms with Crippen molar-refractivity contribution in [3.8, 4) is 17.2 Å². The summed E-state index contributed by atoms with van der Waals surface area (Å²) in [6.07, 6.45) is 1.73. The molecular weight excluding hydrogens is 494 g/mol. The Balaban J connectivity index is 1.38. The van der Waals surface area contributed by atoms with Crippen LogP contribution in [-0.4, -0.2) is 36.1 Å². The molecule has 0 aliphatic carbocycles. The first kappa shape index (κ1) is 24.5. The molecule has 0 atom stereocenters. The molecule has 6 aromatic rings. The highest BCUT2D eigenvalue weighted by Gasteiger charge is 2.22. The van der Waals surface area contributed by atoms with Gasteiger partial charge in [-0.15, -0.1) is 0 Å². The topological polar surface area (TPSA) is 91.2 Å². The smallest absolute Gasteiger partial charge is 0.267 e. The molecule has 0 spiro atoms. The van der Waals surface area contributed by atoms with Crippen molar-refractivity contribution in [1.82, 2.24) is 9.38 Å². The Bertz CT molecular complexity index is 1930. The number of aromatic nitrogens is 2. The minimum absolute atomic E-state index is 0.149. The molecular formula is C31H27N3O5. The van der Waals surface area contributed by atoms with Crippen LogP contribution in [0.1, 0.15) is 25.3 Å². The summed E-state index contributed by atoms with van der Waals surface area (Å²) in [5, 5.41) is 5.65. The number of benzene rings is 3. The maximum absolute atomic E-state index is 13.9. The van der Waals surface area contributed by atoms with Gasteiger partial charge in [-0.1, -0.05) is 26.0 Å². The zero-order chi connectivity index (χ0) is 27.3. The van der Waals surface area contributed by atoms with Crippen LogP contribution in [0.4, 0.5) is 5.69 Å². The lowest BCUT2D eigenvalue weighted by molar-refractivity contribution is -0.118. The second kappa shape index (κ2) is 9.47. The van der Waals surface area contributed by atoms with Gasteiger partial charge in [-0.05, 0) is 60.0 Å². The summed E-state index contributed by atoms with van der Waals surface area (Å²) in [5.74, 6) is 1.53. The number of anilines is 1. The lowest BCUT2D eigenvalue weighted by atomic mass is 10.0. The van der Waals surface area contributed by atoms with Crippen LogP contribution in [0.3, 0.4) is 0 Å². The van der Waals surface area contributed by atoms with Crippen LogP contribution < -0.4 is 25.1 Å². The van der Waals surface area contributed by atoms with E-state index in [9.17, 15) is 9.59 Å². The molecule has 0 aliphatic rings. The summed E-state index contributed by atoms with van der Waals surface area (Å²) in [6, 6.07) is 18.7. The number of carbonyl (C=O) groups is 1. The monoisotopic (exact) mass is 521 g/mol. The molecule has 0 radical (unpaired) electrons. The number of fused-ring (bicyclic) bond motifs is 5. The highest BCUT2D eigenvalue weighted by molar-refractivity contribution is 6.19. The minimum Gasteiger partial charge on any atom is -0.493 e. The third-order valence-corrected chi connectivity index (χ3v) is 7.10. The van der Waals surface area contributed by atoms with E-state index in [0.29, 0.717) is 45.0 Å². The third-order valence-electron chi connectivity index (χ3n) is 7.10. The van der Waals surface area contributed by atoms with Crippen molar-refractivity contribution < 1.29 is 19.0 Å². The number of nitrogens with one attached hydrogen (secondary N) is 1. The maximum atomic E-state index is 13.9. The van der Waals surface area contributed by atoms with Crippen LogP contribution >= 0.6 is 0 Å². The molecule has 196 valence electrons. The van der Waals surface area contributed by atoms with Crippen LogP contribution in [0.25, 0.3) is 38.1 Å². The summed E-state index contributed by atoms with van der Waals surface area (Å²) in [5.41, 5.74) is 3.81. The number of nitrogens with zero attached hydrogens (tertiary/aromatic N) is 2. The number of hydrogen-bond donors (Lipinski definition) is 1. The van der Waals surface area contributed by atoms with Gasteiger partial charge in [-0.25, -0.2) is 0 Å². The number of rotatable bonds is 7. The molecule has 8 heteroatoms. The van der Waals surface area contributed by atoms with Crippen molar-refractivity contribution in [3.63, 3.8) is 0 Å². The first-order chi connectivity index (χ1) is 18.9. The molecule has 0 bridgehead atoms. The molecule has 8 nitrogen and oxygen atoms in total. The molecule has 3 aromatic heterocycles. The highest BCUT2D eigenvalue weighted by Crippen LogP contribution is 2.39. The van der Waals surface area contributed by atoms with E-state index in [2.05, 4.69) is 24.1 Å². The van der Waals surface area contributed by atoms with E-state index in [1.54, 1.807) is 22.7 Å². The Hall–Kier alpha value is -4.85. The fourth-order valence-electron chi connectivity index (χ4n) is 5.19. The van der Waals surface area contributed by atoms with Crippen molar-refractivity contribution in [2.75, 3.05) is 26.1 Å². The van der Waals surface area contributed by atoms with Crippen molar-refractivity contribution in [1.29, 1.82) is 0 Å². The number of ether oxygens (including phenoxy) is 3. The Kier molecular flexibility index (Phi) is 5.95. The van der Waals surface area contributed by atoms with E-state index in [0.717, 1.165) is 22.0 Å². The van der Waals surface area contributed by atoms with Crippen molar-refractivity contribution in [3.05, 3.63) is 82.8 Å². The number of hydrogen-bond acceptors (Lipinski definition) is 6. The Morgan fingerprint density at radius 2 is 1.74 bits per heavy atom. The molecule has 1 N–H and O–H groups in total. The van der Waals surface area contributed by atoms with Gasteiger partial charge in [0, 0.05) is 28.0 Å². The van der Waals surface area contributed by atoms with Crippen molar-refractivity contribution in [2.45, 2.75) is 19.8 Å². The van der Waals surface area contributed by atoms with Crippen LogP contribution in [0.15, 0.2) is 71.7 Å². The predicted molar refractivity (Wildman–Crippen MR) is 153 cm³/mol. The van der Waals surface area contributed by atoms with Gasteiger partial charge >= 0.3 is 0 Å². The SMILES string of the molecule is COc1ccc2c(c1OC)c(=O)n1c3ccc(OCC(=O)Nc4ccc(C(C)C)cc4)cc3c3ccnc2c31. The normalized spacial score (nSPS) is 11.6. The summed E-state index contributed by atoms with van der Waals surface area (Å²) in [4.78, 5) is 31.0. The van der Waals surface area contributed by atoms with Gasteiger partial charge in [0.15, 0.2) is 18.1 Å². The quantitative estimate of drug-likeness (QED) is 0.269. The fourth-order valence-corrected chi connectivity index (χ4v) is 5.19. The van der Waals surface area contributed by atoms with E-state index in [1.807, 2.05) is 48.5 Å². The molecule has 1 amide bonds. The van der Waals surface area contributed by atoms with E-state index in [4.69, 9.17) is 14.2 Å². The molecule has 6 rings (SSSR count). The van der Waals surface area contributed by atoms with Crippen LogP contribution in [-0.2, 0) is 4.79 Å². The Morgan fingerprint density at radius 1 is 0.949 bits per heavy atom. The zero-order valence-electron chi connectivity index (χ0n) is 22.1. The lowest BCUT2D eigenvalue weighted by Crippen LogP contribution is -2.20. The number of pyridine rings is 2. The lowest BCUT2D eigenvalue weighted by Gasteiger charge is -2.12. The van der Waals surface area contributed by atoms with E-state index in [1.165, 1.54) is 19.8 Å². The molecule has 0 fully saturated rings. The first-order valence-electron chi connectivity index (χ1n) is 12.7. The molecule has 0 unspecified atom stereocenters. The van der Waals surface area contributed by atoms with Gasteiger partial charge in [0.05, 0.1) is 36.2 Å². The second-order valence-electron chi connectivity index (χ2n) is 9.71. The van der Waals surface area contributed by atoms with Gasteiger partial charge in [0.2, 0.25) is 0 Å². The molecule has 3 heterocycles. The second-order valence-corrected chi connectivity index (χ2v) is 9.71. The van der Waals surface area contributed by atoms with Gasteiger partial charge in [-0.3, -0.25) is 19.0 Å². The summed E-state index contributed by atoms with van der Waals surface area (Å²) < 4.78 is 18.5. The predicted octanol–water partition coefficient (Wildman–Crippen LogP) is 5.75.